The van der Waals surface area contributed by atoms with E-state index in [0.717, 1.165) is 6.26 Å². The Bertz CT molecular complexity index is 601. The van der Waals surface area contributed by atoms with Gasteiger partial charge in [-0.05, 0) is 32.0 Å². The van der Waals surface area contributed by atoms with E-state index in [-0.39, 0.29) is 18.0 Å². The second-order valence-electron chi connectivity index (χ2n) is 4.77. The van der Waals surface area contributed by atoms with Crippen LogP contribution in [0, 0.1) is 0 Å². The Hall–Kier alpha value is -1.56. The van der Waals surface area contributed by atoms with Crippen LogP contribution in [-0.2, 0) is 21.3 Å². The lowest BCUT2D eigenvalue weighted by atomic mass is 9.93. The van der Waals surface area contributed by atoms with Crippen LogP contribution in [-0.4, -0.2) is 26.1 Å². The number of Topliss-reactive ketones (excluding diaryl/α,β-unsaturated/α-hetero) is 1. The van der Waals surface area contributed by atoms with Gasteiger partial charge in [-0.2, -0.15) is 8.42 Å². The molecule has 0 unspecified atom stereocenters. The van der Waals surface area contributed by atoms with E-state index in [2.05, 4.69) is 0 Å². The van der Waals surface area contributed by atoms with E-state index in [1.165, 1.54) is 12.1 Å². The standard InChI is InChI=1S/C12H14O5S/c1-12(2)11(13)7-8-6-9(17-18(3,14)15)4-5-10(8)16-12/h4-6H,7H2,1-3H3. The summed E-state index contributed by atoms with van der Waals surface area (Å²) in [5.41, 5.74) is -0.202. The first-order valence-corrected chi connectivity index (χ1v) is 7.24. The van der Waals surface area contributed by atoms with Crippen molar-refractivity contribution in [1.29, 1.82) is 0 Å². The van der Waals surface area contributed by atoms with Gasteiger partial charge in [0.25, 0.3) is 0 Å². The summed E-state index contributed by atoms with van der Waals surface area (Å²) in [7, 11) is -3.57. The van der Waals surface area contributed by atoms with Crippen LogP contribution in [0.25, 0.3) is 0 Å². The number of hydrogen-bond donors (Lipinski definition) is 0. The monoisotopic (exact) mass is 270 g/mol. The molecular weight excluding hydrogens is 256 g/mol. The minimum absolute atomic E-state index is 0.0495. The van der Waals surface area contributed by atoms with Gasteiger partial charge < -0.3 is 8.92 Å². The van der Waals surface area contributed by atoms with E-state index >= 15 is 0 Å². The molecule has 0 atom stereocenters. The molecule has 18 heavy (non-hydrogen) atoms. The third-order valence-electron chi connectivity index (χ3n) is 2.67. The first-order chi connectivity index (χ1) is 8.17. The molecule has 1 heterocycles. The van der Waals surface area contributed by atoms with Gasteiger partial charge in [-0.1, -0.05) is 0 Å². The van der Waals surface area contributed by atoms with Crippen molar-refractivity contribution in [2.45, 2.75) is 25.9 Å². The third-order valence-corrected chi connectivity index (χ3v) is 3.16. The summed E-state index contributed by atoms with van der Waals surface area (Å²) >= 11 is 0. The highest BCUT2D eigenvalue weighted by Crippen LogP contribution is 2.33. The van der Waals surface area contributed by atoms with E-state index in [1.54, 1.807) is 19.9 Å². The molecule has 1 aromatic rings. The number of fused-ring (bicyclic) bond motifs is 1. The van der Waals surface area contributed by atoms with Crippen molar-refractivity contribution in [3.8, 4) is 11.5 Å². The van der Waals surface area contributed by atoms with Crippen LogP contribution in [0.4, 0.5) is 0 Å². The van der Waals surface area contributed by atoms with Crippen molar-refractivity contribution >= 4 is 15.9 Å². The summed E-state index contributed by atoms with van der Waals surface area (Å²) in [4.78, 5) is 11.8. The predicted octanol–water partition coefficient (Wildman–Crippen LogP) is 1.31. The van der Waals surface area contributed by atoms with Crippen LogP contribution in [0.2, 0.25) is 0 Å². The summed E-state index contributed by atoms with van der Waals surface area (Å²) in [6.45, 7) is 3.42. The molecular formula is C12H14O5S. The first-order valence-electron chi connectivity index (χ1n) is 5.42. The van der Waals surface area contributed by atoms with E-state index in [9.17, 15) is 13.2 Å². The van der Waals surface area contributed by atoms with Crippen molar-refractivity contribution in [3.63, 3.8) is 0 Å². The Morgan fingerprint density at radius 1 is 1.33 bits per heavy atom. The lowest BCUT2D eigenvalue weighted by molar-refractivity contribution is -0.132. The summed E-state index contributed by atoms with van der Waals surface area (Å²) in [6, 6.07) is 4.64. The van der Waals surface area contributed by atoms with Gasteiger partial charge in [0, 0.05) is 12.0 Å². The first kappa shape index (κ1) is 12.9. The predicted molar refractivity (Wildman–Crippen MR) is 65.3 cm³/mol. The van der Waals surface area contributed by atoms with Gasteiger partial charge in [-0.15, -0.1) is 0 Å². The highest BCUT2D eigenvalue weighted by Gasteiger charge is 2.35. The van der Waals surface area contributed by atoms with Gasteiger partial charge in [0.15, 0.2) is 11.4 Å². The lowest BCUT2D eigenvalue weighted by Crippen LogP contribution is -2.42. The maximum atomic E-state index is 11.8. The minimum Gasteiger partial charge on any atom is -0.480 e. The Balaban J connectivity index is 2.35. The molecule has 1 aliphatic heterocycles. The van der Waals surface area contributed by atoms with E-state index in [0.29, 0.717) is 11.3 Å². The molecule has 5 nitrogen and oxygen atoms in total. The van der Waals surface area contributed by atoms with Crippen molar-refractivity contribution < 1.29 is 22.1 Å². The average molecular weight is 270 g/mol. The third kappa shape index (κ3) is 2.64. The maximum Gasteiger partial charge on any atom is 0.306 e. The SMILES string of the molecule is CC1(C)Oc2ccc(OS(C)(=O)=O)cc2CC1=O. The average Bonchev–Trinajstić information content (AvgIpc) is 2.17. The van der Waals surface area contributed by atoms with E-state index < -0.39 is 15.7 Å². The Morgan fingerprint density at radius 3 is 2.61 bits per heavy atom. The molecule has 0 bridgehead atoms. The molecule has 0 amide bonds. The summed E-state index contributed by atoms with van der Waals surface area (Å²) in [5.74, 6) is 0.722. The Morgan fingerprint density at radius 2 is 2.00 bits per heavy atom. The van der Waals surface area contributed by atoms with Crippen LogP contribution in [0.1, 0.15) is 19.4 Å². The fraction of sp³-hybridized carbons (Fsp3) is 0.417. The van der Waals surface area contributed by atoms with E-state index in [1.807, 2.05) is 0 Å². The normalized spacial score (nSPS) is 17.8. The molecule has 0 fully saturated rings. The number of carbonyl (C=O) groups is 1. The Kier molecular flexibility index (Phi) is 2.85. The van der Waals surface area contributed by atoms with Crippen molar-refractivity contribution in [2.24, 2.45) is 0 Å². The molecule has 0 aromatic heterocycles. The summed E-state index contributed by atoms with van der Waals surface area (Å²) in [5, 5.41) is 0. The molecule has 0 saturated heterocycles. The molecule has 1 aliphatic rings. The minimum atomic E-state index is -3.57. The second kappa shape index (κ2) is 3.98. The van der Waals surface area contributed by atoms with Crippen LogP contribution in [0.15, 0.2) is 18.2 Å². The van der Waals surface area contributed by atoms with Crippen molar-refractivity contribution in [2.75, 3.05) is 6.26 Å². The Labute approximate surface area is 106 Å². The zero-order chi connectivity index (χ0) is 13.6. The zero-order valence-electron chi connectivity index (χ0n) is 10.4. The number of rotatable bonds is 2. The molecule has 2 rings (SSSR count). The van der Waals surface area contributed by atoms with Gasteiger partial charge in [-0.3, -0.25) is 4.79 Å². The quantitative estimate of drug-likeness (QED) is 0.758. The number of ether oxygens (including phenoxy) is 1. The summed E-state index contributed by atoms with van der Waals surface area (Å²) in [6.07, 6.45) is 1.18. The smallest absolute Gasteiger partial charge is 0.306 e. The van der Waals surface area contributed by atoms with Gasteiger partial charge in [-0.25, -0.2) is 0 Å². The molecule has 98 valence electrons. The molecule has 0 radical (unpaired) electrons. The number of benzene rings is 1. The van der Waals surface area contributed by atoms with Crippen molar-refractivity contribution in [1.82, 2.24) is 0 Å². The number of hydrogen-bond acceptors (Lipinski definition) is 5. The molecule has 6 heteroatoms. The van der Waals surface area contributed by atoms with Gasteiger partial charge >= 0.3 is 10.1 Å². The van der Waals surface area contributed by atoms with Crippen molar-refractivity contribution in [3.05, 3.63) is 23.8 Å². The molecule has 0 aliphatic carbocycles. The number of carbonyl (C=O) groups excluding carboxylic acids is 1. The highest BCUT2D eigenvalue weighted by atomic mass is 32.2. The molecule has 0 saturated carbocycles. The van der Waals surface area contributed by atoms with Crippen LogP contribution in [0.5, 0.6) is 11.5 Å². The molecule has 1 aromatic carbocycles. The number of ketones is 1. The van der Waals surface area contributed by atoms with Crippen LogP contribution >= 0.6 is 0 Å². The van der Waals surface area contributed by atoms with E-state index in [4.69, 9.17) is 8.92 Å². The molecule has 0 N–H and O–H groups in total. The van der Waals surface area contributed by atoms with Crippen LogP contribution < -0.4 is 8.92 Å². The van der Waals surface area contributed by atoms with Gasteiger partial charge in [0.05, 0.1) is 6.26 Å². The lowest BCUT2D eigenvalue weighted by Gasteiger charge is -2.31. The topological polar surface area (TPSA) is 69.7 Å². The second-order valence-corrected chi connectivity index (χ2v) is 6.34. The molecule has 0 spiro atoms. The fourth-order valence-electron chi connectivity index (χ4n) is 1.74. The van der Waals surface area contributed by atoms with Gasteiger partial charge in [0.2, 0.25) is 0 Å². The van der Waals surface area contributed by atoms with Gasteiger partial charge in [0.1, 0.15) is 11.5 Å². The van der Waals surface area contributed by atoms with Crippen LogP contribution in [0.3, 0.4) is 0 Å². The maximum absolute atomic E-state index is 11.8. The zero-order valence-corrected chi connectivity index (χ0v) is 11.2. The summed E-state index contributed by atoms with van der Waals surface area (Å²) < 4.78 is 32.4. The highest BCUT2D eigenvalue weighted by molar-refractivity contribution is 7.86. The fourth-order valence-corrected chi connectivity index (χ4v) is 2.19. The largest absolute Gasteiger partial charge is 0.480 e.